The second-order valence-corrected chi connectivity index (χ2v) is 16.5. The zero-order valence-electron chi connectivity index (χ0n) is 31.7. The number of nitrogens with zero attached hydrogens (tertiary/aromatic N) is 4. The monoisotopic (exact) mass is 726 g/mol. The van der Waals surface area contributed by atoms with E-state index in [9.17, 15) is 5.26 Å². The molecule has 272 valence electrons. The standard InChI is InChI=1S/C51H42N4O/c1-32-24-35-25-33(2)29-51(28-32,30-35)42-21-19-39(20-22-42)49-53-48(54-50(55-49)41-11-6-10-40(27-41)36-8-4-3-5-9-36)38-17-15-37(16-18-38)43-12-7-13-44-45-26-34(31-52)14-23-46(45)56-47(43)44/h3-23,26-27,32-33,35H,24-25,28-30H2,1-2H3/t32-,33+,35-,51?. The molecule has 2 aliphatic rings. The molecule has 56 heavy (non-hydrogen) atoms. The number of hydrogen-bond acceptors (Lipinski definition) is 5. The molecule has 0 amide bonds. The van der Waals surface area contributed by atoms with Crippen LogP contribution in [0.25, 0.3) is 78.4 Å². The predicted molar refractivity (Wildman–Crippen MR) is 226 cm³/mol. The van der Waals surface area contributed by atoms with Gasteiger partial charge in [0.25, 0.3) is 0 Å². The van der Waals surface area contributed by atoms with Gasteiger partial charge in [-0.1, -0.05) is 129 Å². The van der Waals surface area contributed by atoms with Gasteiger partial charge in [0.05, 0.1) is 11.6 Å². The molecular formula is C51H42N4O. The number of aromatic nitrogens is 3. The number of nitriles is 1. The van der Waals surface area contributed by atoms with Crippen molar-refractivity contribution in [2.45, 2.75) is 51.4 Å². The van der Waals surface area contributed by atoms with Gasteiger partial charge in [-0.05, 0) is 102 Å². The first kappa shape index (κ1) is 34.1. The molecule has 2 fully saturated rings. The topological polar surface area (TPSA) is 75.6 Å². The maximum Gasteiger partial charge on any atom is 0.164 e. The smallest absolute Gasteiger partial charge is 0.164 e. The van der Waals surface area contributed by atoms with Crippen molar-refractivity contribution in [3.05, 3.63) is 151 Å². The molecule has 0 spiro atoms. The first-order valence-corrected chi connectivity index (χ1v) is 19.9. The Balaban J connectivity index is 1.05. The van der Waals surface area contributed by atoms with Crippen molar-refractivity contribution in [2.75, 3.05) is 0 Å². The average molecular weight is 727 g/mol. The van der Waals surface area contributed by atoms with Crippen LogP contribution in [-0.2, 0) is 5.41 Å². The van der Waals surface area contributed by atoms with Gasteiger partial charge >= 0.3 is 0 Å². The maximum atomic E-state index is 9.49. The van der Waals surface area contributed by atoms with Gasteiger partial charge in [0.2, 0.25) is 0 Å². The lowest BCUT2D eigenvalue weighted by Gasteiger charge is -2.50. The van der Waals surface area contributed by atoms with Crippen molar-refractivity contribution in [2.24, 2.45) is 17.8 Å². The molecule has 0 radical (unpaired) electrons. The largest absolute Gasteiger partial charge is 0.455 e. The summed E-state index contributed by atoms with van der Waals surface area (Å²) in [6.07, 6.45) is 6.59. The number of benzene rings is 6. The number of furan rings is 1. The van der Waals surface area contributed by atoms with Gasteiger partial charge in [0.15, 0.2) is 17.5 Å². The lowest BCUT2D eigenvalue weighted by Crippen LogP contribution is -2.42. The Morgan fingerprint density at radius 1 is 0.554 bits per heavy atom. The highest BCUT2D eigenvalue weighted by atomic mass is 16.3. The molecule has 10 rings (SSSR count). The molecule has 2 heterocycles. The van der Waals surface area contributed by atoms with E-state index in [0.29, 0.717) is 23.0 Å². The van der Waals surface area contributed by atoms with Crippen LogP contribution in [0.15, 0.2) is 144 Å². The molecule has 1 unspecified atom stereocenters. The summed E-state index contributed by atoms with van der Waals surface area (Å²) in [5.74, 6) is 4.29. The van der Waals surface area contributed by atoms with E-state index in [-0.39, 0.29) is 5.41 Å². The highest BCUT2D eigenvalue weighted by molar-refractivity contribution is 6.09. The zero-order chi connectivity index (χ0) is 37.8. The van der Waals surface area contributed by atoms with Gasteiger partial charge in [-0.15, -0.1) is 0 Å². The van der Waals surface area contributed by atoms with Crippen LogP contribution < -0.4 is 0 Å². The second kappa shape index (κ2) is 13.7. The Morgan fingerprint density at radius 2 is 1.16 bits per heavy atom. The van der Waals surface area contributed by atoms with Gasteiger partial charge in [-0.2, -0.15) is 5.26 Å². The number of fused-ring (bicyclic) bond motifs is 5. The molecular weight excluding hydrogens is 685 g/mol. The van der Waals surface area contributed by atoms with E-state index in [1.807, 2.05) is 24.3 Å². The third kappa shape index (κ3) is 6.16. The lowest BCUT2D eigenvalue weighted by atomic mass is 9.54. The van der Waals surface area contributed by atoms with Gasteiger partial charge in [-0.3, -0.25) is 0 Å². The lowest BCUT2D eigenvalue weighted by molar-refractivity contribution is 0.0780. The zero-order valence-corrected chi connectivity index (χ0v) is 31.7. The molecule has 8 aromatic rings. The number of para-hydroxylation sites is 1. The van der Waals surface area contributed by atoms with Crippen LogP contribution in [0.3, 0.4) is 0 Å². The Hall–Kier alpha value is -6.38. The van der Waals surface area contributed by atoms with Crippen LogP contribution in [0, 0.1) is 29.1 Å². The summed E-state index contributed by atoms with van der Waals surface area (Å²) in [6, 6.07) is 50.4. The molecule has 5 heteroatoms. The molecule has 6 aromatic carbocycles. The molecule has 2 aliphatic carbocycles. The van der Waals surface area contributed by atoms with Gasteiger partial charge in [0.1, 0.15) is 11.2 Å². The van der Waals surface area contributed by atoms with Gasteiger partial charge in [-0.25, -0.2) is 15.0 Å². The maximum absolute atomic E-state index is 9.49. The first-order chi connectivity index (χ1) is 27.4. The van der Waals surface area contributed by atoms with E-state index in [4.69, 9.17) is 19.4 Å². The molecule has 5 nitrogen and oxygen atoms in total. The van der Waals surface area contributed by atoms with Crippen LogP contribution in [-0.4, -0.2) is 15.0 Å². The van der Waals surface area contributed by atoms with E-state index < -0.39 is 0 Å². The van der Waals surface area contributed by atoms with Crippen molar-refractivity contribution in [1.82, 2.24) is 15.0 Å². The summed E-state index contributed by atoms with van der Waals surface area (Å²) in [5.41, 5.74) is 11.0. The minimum atomic E-state index is 0.264. The average Bonchev–Trinajstić information content (AvgIpc) is 3.62. The fourth-order valence-electron chi connectivity index (χ4n) is 10.2. The van der Waals surface area contributed by atoms with E-state index in [2.05, 4.69) is 129 Å². The molecule has 0 N–H and O–H groups in total. The normalized spacial score (nSPS) is 20.6. The van der Waals surface area contributed by atoms with Crippen LogP contribution in [0.5, 0.6) is 0 Å². The van der Waals surface area contributed by atoms with E-state index in [0.717, 1.165) is 78.6 Å². The predicted octanol–water partition coefficient (Wildman–Crippen LogP) is 13.1. The SMILES string of the molecule is C[C@@H]1C[C@@H]2C[C@H](C)CC(c3ccc(-c4nc(-c5ccc(-c6cccc7c6oc6ccc(C#N)cc67)cc5)nc(-c5cccc(-c6ccccc6)c5)n4)cc3)(C1)C2. The molecule has 4 atom stereocenters. The van der Waals surface area contributed by atoms with Crippen LogP contribution in [0.2, 0.25) is 0 Å². The molecule has 2 saturated carbocycles. The van der Waals surface area contributed by atoms with E-state index >= 15 is 0 Å². The molecule has 2 bridgehead atoms. The van der Waals surface area contributed by atoms with Crippen molar-refractivity contribution >= 4 is 21.9 Å². The van der Waals surface area contributed by atoms with Gasteiger partial charge < -0.3 is 4.42 Å². The summed E-state index contributed by atoms with van der Waals surface area (Å²) in [5, 5.41) is 11.4. The first-order valence-electron chi connectivity index (χ1n) is 19.9. The summed E-state index contributed by atoms with van der Waals surface area (Å²) in [7, 11) is 0. The van der Waals surface area contributed by atoms with Crippen molar-refractivity contribution < 1.29 is 4.42 Å². The Kier molecular flexibility index (Phi) is 8.37. The second-order valence-electron chi connectivity index (χ2n) is 16.5. The Labute approximate surface area is 327 Å². The van der Waals surface area contributed by atoms with Crippen molar-refractivity contribution in [3.63, 3.8) is 0 Å². The minimum Gasteiger partial charge on any atom is -0.455 e. The fourth-order valence-corrected chi connectivity index (χ4v) is 10.2. The summed E-state index contributed by atoms with van der Waals surface area (Å²) >= 11 is 0. The van der Waals surface area contributed by atoms with Crippen molar-refractivity contribution in [1.29, 1.82) is 5.26 Å². The Bertz CT molecular complexity index is 2760. The molecule has 0 aliphatic heterocycles. The van der Waals surface area contributed by atoms with Crippen LogP contribution >= 0.6 is 0 Å². The third-order valence-electron chi connectivity index (χ3n) is 12.3. The number of rotatable bonds is 6. The fraction of sp³-hybridized carbons (Fsp3) is 0.216. The summed E-state index contributed by atoms with van der Waals surface area (Å²) < 4.78 is 6.36. The highest BCUT2D eigenvalue weighted by Gasteiger charge is 2.45. The highest BCUT2D eigenvalue weighted by Crippen LogP contribution is 2.54. The minimum absolute atomic E-state index is 0.264. The van der Waals surface area contributed by atoms with Crippen molar-refractivity contribution in [3.8, 4) is 62.5 Å². The van der Waals surface area contributed by atoms with E-state index in [1.165, 1.54) is 37.7 Å². The van der Waals surface area contributed by atoms with E-state index in [1.54, 1.807) is 6.07 Å². The quantitative estimate of drug-likeness (QED) is 0.170. The summed E-state index contributed by atoms with van der Waals surface area (Å²) in [6.45, 7) is 4.90. The summed E-state index contributed by atoms with van der Waals surface area (Å²) in [4.78, 5) is 15.4. The van der Waals surface area contributed by atoms with Crippen LogP contribution in [0.1, 0.15) is 57.1 Å². The van der Waals surface area contributed by atoms with Gasteiger partial charge in [0, 0.05) is 33.0 Å². The molecule has 0 saturated heterocycles. The number of hydrogen-bond donors (Lipinski definition) is 0. The molecule has 2 aromatic heterocycles. The third-order valence-corrected chi connectivity index (χ3v) is 12.3. The Morgan fingerprint density at radius 3 is 1.86 bits per heavy atom. The van der Waals surface area contributed by atoms with Crippen LogP contribution in [0.4, 0.5) is 0 Å².